The Bertz CT molecular complexity index is 203. The van der Waals surface area contributed by atoms with Gasteiger partial charge >= 0.3 is 6.18 Å². The molecular weight excluding hydrogens is 224 g/mol. The maximum atomic E-state index is 13.0. The molecule has 0 rings (SSSR count). The van der Waals surface area contributed by atoms with Crippen LogP contribution in [0.1, 0.15) is 47.0 Å². The third-order valence-electron chi connectivity index (χ3n) is 2.03. The van der Waals surface area contributed by atoms with Crippen LogP contribution in [-0.2, 0) is 4.74 Å². The number of hydrogen-bond acceptors (Lipinski definition) is 1. The van der Waals surface area contributed by atoms with Gasteiger partial charge in [-0.05, 0) is 40.5 Å². The second-order valence-corrected chi connectivity index (χ2v) is 5.22. The predicted octanol–water partition coefficient (Wildman–Crippen LogP) is 4.26. The van der Waals surface area contributed by atoms with Crippen LogP contribution in [0.5, 0.6) is 0 Å². The van der Waals surface area contributed by atoms with Crippen molar-refractivity contribution in [2.75, 3.05) is 6.61 Å². The van der Waals surface area contributed by atoms with Crippen LogP contribution in [0, 0.1) is 0 Å². The van der Waals surface area contributed by atoms with Crippen LogP contribution in [0.3, 0.4) is 0 Å². The minimum atomic E-state index is -4.23. The summed E-state index contributed by atoms with van der Waals surface area (Å²) in [5.41, 5.74) is -2.53. The Labute approximate surface area is 94.2 Å². The normalized spacial score (nSPS) is 14.2. The molecule has 98 valence electrons. The first kappa shape index (κ1) is 15.7. The molecule has 0 amide bonds. The van der Waals surface area contributed by atoms with Gasteiger partial charge in [-0.15, -0.1) is 0 Å². The van der Waals surface area contributed by atoms with Crippen LogP contribution < -0.4 is 0 Å². The summed E-state index contributed by atoms with van der Waals surface area (Å²) in [6, 6.07) is 0. The van der Waals surface area contributed by atoms with E-state index in [0.29, 0.717) is 6.42 Å². The number of halogens is 4. The fourth-order valence-corrected chi connectivity index (χ4v) is 1.37. The first-order valence-corrected chi connectivity index (χ1v) is 5.31. The lowest BCUT2D eigenvalue weighted by atomic mass is 10.0. The van der Waals surface area contributed by atoms with Gasteiger partial charge in [-0.3, -0.25) is 0 Å². The quantitative estimate of drug-likeness (QED) is 0.501. The Balaban J connectivity index is 3.83. The molecule has 0 atom stereocenters. The largest absolute Gasteiger partial charge is 0.391 e. The van der Waals surface area contributed by atoms with Crippen LogP contribution in [0.25, 0.3) is 0 Å². The van der Waals surface area contributed by atoms with Gasteiger partial charge in [0.05, 0.1) is 12.0 Å². The van der Waals surface area contributed by atoms with Crippen molar-refractivity contribution in [3.8, 4) is 0 Å². The number of ether oxygens (including phenoxy) is 1. The van der Waals surface area contributed by atoms with Crippen LogP contribution in [0.2, 0.25) is 0 Å². The first-order valence-electron chi connectivity index (χ1n) is 5.31. The monoisotopic (exact) mass is 244 g/mol. The third-order valence-corrected chi connectivity index (χ3v) is 2.03. The minimum Gasteiger partial charge on any atom is -0.375 e. The van der Waals surface area contributed by atoms with E-state index >= 15 is 0 Å². The standard InChI is InChI=1S/C11H20F4O/c1-9(2,12)6-5-7-16-10(3,4)8-11(13,14)15/h5-8H2,1-4H3. The van der Waals surface area contributed by atoms with Crippen LogP contribution in [-0.4, -0.2) is 24.1 Å². The lowest BCUT2D eigenvalue weighted by Crippen LogP contribution is -2.32. The molecule has 0 unspecified atom stereocenters. The van der Waals surface area contributed by atoms with Crippen LogP contribution in [0.4, 0.5) is 17.6 Å². The van der Waals surface area contributed by atoms with E-state index in [1.165, 1.54) is 27.7 Å². The van der Waals surface area contributed by atoms with Gasteiger partial charge in [0.2, 0.25) is 0 Å². The van der Waals surface area contributed by atoms with Crippen molar-refractivity contribution in [2.24, 2.45) is 0 Å². The lowest BCUT2D eigenvalue weighted by Gasteiger charge is -2.27. The molecular formula is C11H20F4O. The molecule has 0 aromatic rings. The van der Waals surface area contributed by atoms with Crippen molar-refractivity contribution in [1.29, 1.82) is 0 Å². The molecule has 0 N–H and O–H groups in total. The molecule has 16 heavy (non-hydrogen) atoms. The number of alkyl halides is 4. The van der Waals surface area contributed by atoms with E-state index in [-0.39, 0.29) is 13.0 Å². The highest BCUT2D eigenvalue weighted by Crippen LogP contribution is 2.29. The molecule has 0 radical (unpaired) electrons. The number of hydrogen-bond donors (Lipinski definition) is 0. The Morgan fingerprint density at radius 3 is 1.81 bits per heavy atom. The summed E-state index contributed by atoms with van der Waals surface area (Å²) in [6.45, 7) is 5.81. The summed E-state index contributed by atoms with van der Waals surface area (Å²) < 4.78 is 54.5. The molecule has 0 aromatic carbocycles. The average molecular weight is 244 g/mol. The van der Waals surface area contributed by atoms with Crippen LogP contribution in [0.15, 0.2) is 0 Å². The van der Waals surface area contributed by atoms with E-state index in [0.717, 1.165) is 0 Å². The molecule has 0 aliphatic carbocycles. The average Bonchev–Trinajstić information content (AvgIpc) is 1.91. The Morgan fingerprint density at radius 1 is 0.938 bits per heavy atom. The molecule has 1 nitrogen and oxygen atoms in total. The summed E-state index contributed by atoms with van der Waals surface area (Å²) in [7, 11) is 0. The molecule has 0 heterocycles. The summed E-state index contributed by atoms with van der Waals surface area (Å²) in [5, 5.41) is 0. The van der Waals surface area contributed by atoms with Crippen molar-refractivity contribution in [1.82, 2.24) is 0 Å². The highest BCUT2D eigenvalue weighted by atomic mass is 19.4. The molecule has 0 aromatic heterocycles. The number of rotatable bonds is 6. The van der Waals surface area contributed by atoms with Crippen molar-refractivity contribution in [3.05, 3.63) is 0 Å². The Kier molecular flexibility index (Phi) is 5.23. The van der Waals surface area contributed by atoms with E-state index in [4.69, 9.17) is 4.74 Å². The molecule has 0 bridgehead atoms. The van der Waals surface area contributed by atoms with Crippen molar-refractivity contribution >= 4 is 0 Å². The summed E-state index contributed by atoms with van der Waals surface area (Å²) >= 11 is 0. The van der Waals surface area contributed by atoms with E-state index in [2.05, 4.69) is 0 Å². The van der Waals surface area contributed by atoms with Gasteiger partial charge in [0.15, 0.2) is 0 Å². The SMILES string of the molecule is CC(C)(F)CCCOC(C)(C)CC(F)(F)F. The van der Waals surface area contributed by atoms with Gasteiger partial charge in [0.1, 0.15) is 5.67 Å². The van der Waals surface area contributed by atoms with E-state index in [1.807, 2.05) is 0 Å². The van der Waals surface area contributed by atoms with Crippen molar-refractivity contribution < 1.29 is 22.3 Å². The van der Waals surface area contributed by atoms with Crippen molar-refractivity contribution in [2.45, 2.75) is 64.4 Å². The molecule has 0 aliphatic heterocycles. The highest BCUT2D eigenvalue weighted by molar-refractivity contribution is 4.73. The predicted molar refractivity (Wildman–Crippen MR) is 55.1 cm³/mol. The summed E-state index contributed by atoms with van der Waals surface area (Å²) in [4.78, 5) is 0. The van der Waals surface area contributed by atoms with Gasteiger partial charge < -0.3 is 4.74 Å². The molecule has 0 spiro atoms. The van der Waals surface area contributed by atoms with Gasteiger partial charge in [-0.25, -0.2) is 4.39 Å². The maximum Gasteiger partial charge on any atom is 0.391 e. The van der Waals surface area contributed by atoms with E-state index < -0.39 is 23.9 Å². The lowest BCUT2D eigenvalue weighted by molar-refractivity contribution is -0.180. The van der Waals surface area contributed by atoms with Gasteiger partial charge in [-0.2, -0.15) is 13.2 Å². The van der Waals surface area contributed by atoms with Crippen LogP contribution >= 0.6 is 0 Å². The molecule has 0 saturated carbocycles. The molecule has 0 saturated heterocycles. The smallest absolute Gasteiger partial charge is 0.375 e. The first-order chi connectivity index (χ1) is 6.91. The van der Waals surface area contributed by atoms with E-state index in [9.17, 15) is 17.6 Å². The fourth-order valence-electron chi connectivity index (χ4n) is 1.37. The molecule has 0 aliphatic rings. The zero-order valence-electron chi connectivity index (χ0n) is 10.2. The van der Waals surface area contributed by atoms with E-state index in [1.54, 1.807) is 0 Å². The summed E-state index contributed by atoms with van der Waals surface area (Å²) in [6.07, 6.45) is -4.51. The zero-order valence-corrected chi connectivity index (χ0v) is 10.2. The Morgan fingerprint density at radius 2 is 1.44 bits per heavy atom. The fraction of sp³-hybridized carbons (Fsp3) is 1.00. The van der Waals surface area contributed by atoms with Gasteiger partial charge in [-0.1, -0.05) is 0 Å². The van der Waals surface area contributed by atoms with Gasteiger partial charge in [0.25, 0.3) is 0 Å². The zero-order chi connectivity index (χ0) is 13.0. The second-order valence-electron chi connectivity index (χ2n) is 5.22. The topological polar surface area (TPSA) is 9.23 Å². The molecule has 5 heteroatoms. The van der Waals surface area contributed by atoms with Gasteiger partial charge in [0, 0.05) is 6.61 Å². The Hall–Kier alpha value is -0.320. The summed E-state index contributed by atoms with van der Waals surface area (Å²) in [5.74, 6) is 0. The molecule has 0 fully saturated rings. The van der Waals surface area contributed by atoms with Crippen molar-refractivity contribution in [3.63, 3.8) is 0 Å². The second kappa shape index (κ2) is 5.34. The maximum absolute atomic E-state index is 13.0. The highest BCUT2D eigenvalue weighted by Gasteiger charge is 2.37. The third kappa shape index (κ3) is 10.2. The minimum absolute atomic E-state index is 0.149.